The fraction of sp³-hybridized carbons (Fsp3) is 0.394. The largest absolute Gasteiger partial charge is 0.495 e. The minimum atomic E-state index is -4.41. The first-order valence-corrected chi connectivity index (χ1v) is 16.6. The van der Waals surface area contributed by atoms with Crippen LogP contribution in [0.15, 0.2) is 71.6 Å². The van der Waals surface area contributed by atoms with Crippen molar-refractivity contribution >= 4 is 39.1 Å². The summed E-state index contributed by atoms with van der Waals surface area (Å²) in [6.07, 6.45) is 4.34. The van der Waals surface area contributed by atoms with E-state index in [2.05, 4.69) is 5.32 Å². The van der Waals surface area contributed by atoms with Gasteiger partial charge >= 0.3 is 0 Å². The number of halogens is 1. The normalized spacial score (nSPS) is 14.0. The highest BCUT2D eigenvalue weighted by Gasteiger charge is 2.35. The van der Waals surface area contributed by atoms with E-state index in [-0.39, 0.29) is 45.6 Å². The number of anilines is 1. The first-order valence-electron chi connectivity index (χ1n) is 14.8. The number of benzene rings is 3. The molecule has 1 saturated carbocycles. The van der Waals surface area contributed by atoms with E-state index in [9.17, 15) is 18.0 Å². The highest BCUT2D eigenvalue weighted by molar-refractivity contribution is 7.92. The van der Waals surface area contributed by atoms with Crippen LogP contribution in [0.5, 0.6) is 17.2 Å². The van der Waals surface area contributed by atoms with Crippen LogP contribution in [-0.4, -0.2) is 71.6 Å². The monoisotopic (exact) mass is 657 g/mol. The van der Waals surface area contributed by atoms with Crippen molar-refractivity contribution in [3.8, 4) is 17.2 Å². The van der Waals surface area contributed by atoms with Crippen LogP contribution in [0.1, 0.15) is 38.2 Å². The number of carbonyl (C=O) groups excluding carboxylic acids is 2. The SMILES string of the molecule is COc1ccc(S(=O)(=O)N(CC(=O)N(CCc2ccccc2)C(C)C(=O)NC2CCCC2)c2cc(Cl)ccc2OC)cc1OC. The quantitative estimate of drug-likeness (QED) is 0.257. The van der Waals surface area contributed by atoms with Gasteiger partial charge in [0.25, 0.3) is 10.0 Å². The predicted octanol–water partition coefficient (Wildman–Crippen LogP) is 5.08. The van der Waals surface area contributed by atoms with Gasteiger partial charge in [0, 0.05) is 23.7 Å². The van der Waals surface area contributed by atoms with Crippen molar-refractivity contribution in [2.75, 3.05) is 38.7 Å². The molecule has 3 aromatic rings. The molecule has 0 saturated heterocycles. The minimum absolute atomic E-state index is 0.0590. The second-order valence-electron chi connectivity index (χ2n) is 10.8. The van der Waals surface area contributed by atoms with Crippen molar-refractivity contribution in [2.24, 2.45) is 0 Å². The number of carbonyl (C=O) groups is 2. The van der Waals surface area contributed by atoms with Crippen molar-refractivity contribution in [1.82, 2.24) is 10.2 Å². The van der Waals surface area contributed by atoms with E-state index in [1.807, 2.05) is 30.3 Å². The lowest BCUT2D eigenvalue weighted by molar-refractivity contribution is -0.139. The maximum Gasteiger partial charge on any atom is 0.265 e. The van der Waals surface area contributed by atoms with Gasteiger partial charge in [-0.3, -0.25) is 13.9 Å². The van der Waals surface area contributed by atoms with Crippen LogP contribution in [-0.2, 0) is 26.0 Å². The molecule has 0 aliphatic heterocycles. The number of methoxy groups -OCH3 is 3. The molecule has 1 fully saturated rings. The second-order valence-corrected chi connectivity index (χ2v) is 13.1. The second kappa shape index (κ2) is 15.4. The Morgan fingerprint density at radius 3 is 2.20 bits per heavy atom. The summed E-state index contributed by atoms with van der Waals surface area (Å²) < 4.78 is 45.8. The molecule has 45 heavy (non-hydrogen) atoms. The molecule has 1 atom stereocenters. The van der Waals surface area contributed by atoms with Gasteiger partial charge in [0.2, 0.25) is 11.8 Å². The van der Waals surface area contributed by atoms with Crippen molar-refractivity contribution in [1.29, 1.82) is 0 Å². The first kappa shape index (κ1) is 33.9. The van der Waals surface area contributed by atoms with Gasteiger partial charge in [-0.15, -0.1) is 0 Å². The van der Waals surface area contributed by atoms with Crippen LogP contribution < -0.4 is 23.8 Å². The summed E-state index contributed by atoms with van der Waals surface area (Å²) in [5, 5.41) is 3.32. The average Bonchev–Trinajstić information content (AvgIpc) is 3.56. The van der Waals surface area contributed by atoms with Crippen LogP contribution in [0.3, 0.4) is 0 Å². The fourth-order valence-electron chi connectivity index (χ4n) is 5.44. The van der Waals surface area contributed by atoms with E-state index in [0.29, 0.717) is 12.2 Å². The molecule has 0 radical (unpaired) electrons. The highest BCUT2D eigenvalue weighted by atomic mass is 35.5. The molecule has 0 spiro atoms. The molecule has 12 heteroatoms. The molecular weight excluding hydrogens is 618 g/mol. The Morgan fingerprint density at radius 1 is 0.911 bits per heavy atom. The molecule has 4 rings (SSSR count). The summed E-state index contributed by atoms with van der Waals surface area (Å²) in [7, 11) is -0.163. The molecule has 1 aliphatic rings. The van der Waals surface area contributed by atoms with E-state index in [1.54, 1.807) is 13.0 Å². The number of ether oxygens (including phenoxy) is 3. The number of hydrogen-bond acceptors (Lipinski definition) is 7. The topological polar surface area (TPSA) is 114 Å². The summed E-state index contributed by atoms with van der Waals surface area (Å²) in [6, 6.07) is 17.5. The maximum atomic E-state index is 14.3. The summed E-state index contributed by atoms with van der Waals surface area (Å²) in [5.74, 6) is -0.110. The Bertz CT molecular complexity index is 1580. The first-order chi connectivity index (χ1) is 21.6. The Kier molecular flexibility index (Phi) is 11.6. The van der Waals surface area contributed by atoms with Gasteiger partial charge in [0.15, 0.2) is 11.5 Å². The number of amides is 2. The van der Waals surface area contributed by atoms with Gasteiger partial charge in [-0.25, -0.2) is 8.42 Å². The fourth-order valence-corrected chi connectivity index (χ4v) is 7.04. The molecule has 10 nitrogen and oxygen atoms in total. The molecule has 1 N–H and O–H groups in total. The third-order valence-electron chi connectivity index (χ3n) is 7.98. The van der Waals surface area contributed by atoms with Crippen LogP contribution in [0.25, 0.3) is 0 Å². The summed E-state index contributed by atoms with van der Waals surface area (Å²) in [6.45, 7) is 1.24. The average molecular weight is 658 g/mol. The summed E-state index contributed by atoms with van der Waals surface area (Å²) in [4.78, 5) is 28.9. The number of rotatable bonds is 14. The van der Waals surface area contributed by atoms with E-state index in [1.165, 1.54) is 56.6 Å². The van der Waals surface area contributed by atoms with E-state index >= 15 is 0 Å². The Morgan fingerprint density at radius 2 is 1.56 bits per heavy atom. The van der Waals surface area contributed by atoms with Gasteiger partial charge < -0.3 is 24.4 Å². The molecule has 2 amide bonds. The molecule has 0 bridgehead atoms. The summed E-state index contributed by atoms with van der Waals surface area (Å²) in [5.41, 5.74) is 1.05. The highest BCUT2D eigenvalue weighted by Crippen LogP contribution is 2.37. The molecule has 0 heterocycles. The number of nitrogens with zero attached hydrogens (tertiary/aromatic N) is 2. The minimum Gasteiger partial charge on any atom is -0.495 e. The van der Waals surface area contributed by atoms with Crippen LogP contribution >= 0.6 is 11.6 Å². The lowest BCUT2D eigenvalue weighted by atomic mass is 10.1. The van der Waals surface area contributed by atoms with E-state index in [4.69, 9.17) is 25.8 Å². The molecule has 1 aliphatic carbocycles. The molecule has 3 aromatic carbocycles. The standard InChI is InChI=1S/C33H40ClN3O7S/c1-23(33(39)35-26-12-8-9-13-26)36(19-18-24-10-6-5-7-11-24)32(38)22-37(28-20-25(34)14-16-29(28)42-2)45(40,41)27-15-17-30(43-3)31(21-27)44-4/h5-7,10-11,14-17,20-21,23,26H,8-9,12-13,18-19,22H2,1-4H3,(H,35,39). The van der Waals surface area contributed by atoms with E-state index in [0.717, 1.165) is 35.6 Å². The molecule has 0 aromatic heterocycles. The third-order valence-corrected chi connectivity index (χ3v) is 9.98. The van der Waals surface area contributed by atoms with Crippen molar-refractivity contribution in [3.05, 3.63) is 77.3 Å². The van der Waals surface area contributed by atoms with Crippen molar-refractivity contribution in [3.63, 3.8) is 0 Å². The van der Waals surface area contributed by atoms with Crippen LogP contribution in [0.4, 0.5) is 5.69 Å². The number of nitrogens with one attached hydrogen (secondary N) is 1. The zero-order chi connectivity index (χ0) is 32.6. The van der Waals surface area contributed by atoms with Crippen LogP contribution in [0.2, 0.25) is 5.02 Å². The van der Waals surface area contributed by atoms with Gasteiger partial charge in [0.05, 0.1) is 31.9 Å². The third kappa shape index (κ3) is 8.20. The molecule has 242 valence electrons. The molecule has 1 unspecified atom stereocenters. The lowest BCUT2D eigenvalue weighted by Crippen LogP contribution is -2.53. The lowest BCUT2D eigenvalue weighted by Gasteiger charge is -2.33. The zero-order valence-corrected chi connectivity index (χ0v) is 27.6. The maximum absolute atomic E-state index is 14.3. The molecular formula is C33H40ClN3O7S. The number of sulfonamides is 1. The Hall–Kier alpha value is -3.96. The van der Waals surface area contributed by atoms with Gasteiger partial charge in [-0.1, -0.05) is 54.8 Å². The summed E-state index contributed by atoms with van der Waals surface area (Å²) >= 11 is 6.33. The number of hydrogen-bond donors (Lipinski definition) is 1. The zero-order valence-electron chi connectivity index (χ0n) is 26.0. The van der Waals surface area contributed by atoms with Crippen molar-refractivity contribution < 1.29 is 32.2 Å². The smallest absolute Gasteiger partial charge is 0.265 e. The van der Waals surface area contributed by atoms with E-state index < -0.39 is 28.5 Å². The van der Waals surface area contributed by atoms with Gasteiger partial charge in [0.1, 0.15) is 18.3 Å². The van der Waals surface area contributed by atoms with Crippen molar-refractivity contribution in [2.45, 2.75) is 56.0 Å². The van der Waals surface area contributed by atoms with Crippen LogP contribution in [0, 0.1) is 0 Å². The van der Waals surface area contributed by atoms with Gasteiger partial charge in [-0.2, -0.15) is 0 Å². The Balaban J connectivity index is 1.74. The predicted molar refractivity (Wildman–Crippen MR) is 174 cm³/mol. The van der Waals surface area contributed by atoms with Gasteiger partial charge in [-0.05, 0) is 62.1 Å². The Labute approximate surface area is 270 Å².